The van der Waals surface area contributed by atoms with Gasteiger partial charge in [-0.25, -0.2) is 0 Å². The van der Waals surface area contributed by atoms with Crippen LogP contribution in [0.25, 0.3) is 0 Å². The van der Waals surface area contributed by atoms with Crippen molar-refractivity contribution in [3.8, 4) is 5.75 Å². The van der Waals surface area contributed by atoms with Crippen molar-refractivity contribution in [3.05, 3.63) is 42.0 Å². The second-order valence-corrected chi connectivity index (χ2v) is 4.01. The fourth-order valence-corrected chi connectivity index (χ4v) is 1.94. The lowest BCUT2D eigenvalue weighted by atomic mass is 10.0. The standard InChI is InChI=1S/C15H23NO/c1-4-6-9-12-16-14(5-2)13-10-7-8-11-15(13)17-3/h4,6-8,10-11,14,16H,5,9,12H2,1-3H3/b6-4+. The van der Waals surface area contributed by atoms with Gasteiger partial charge in [-0.05, 0) is 32.4 Å². The quantitative estimate of drug-likeness (QED) is 0.572. The molecule has 1 aromatic carbocycles. The maximum Gasteiger partial charge on any atom is 0.123 e. The van der Waals surface area contributed by atoms with Crippen LogP contribution in [0.1, 0.15) is 38.3 Å². The zero-order valence-electron chi connectivity index (χ0n) is 11.1. The van der Waals surface area contributed by atoms with E-state index in [1.54, 1.807) is 7.11 Å². The monoisotopic (exact) mass is 233 g/mol. The molecule has 2 nitrogen and oxygen atoms in total. The molecule has 0 aliphatic rings. The molecule has 0 aliphatic heterocycles. The number of hydrogen-bond acceptors (Lipinski definition) is 2. The van der Waals surface area contributed by atoms with Crippen LogP contribution in [0.5, 0.6) is 5.75 Å². The summed E-state index contributed by atoms with van der Waals surface area (Å²) in [6, 6.07) is 8.60. The van der Waals surface area contributed by atoms with Crippen molar-refractivity contribution in [3.63, 3.8) is 0 Å². The van der Waals surface area contributed by atoms with Crippen LogP contribution in [-0.2, 0) is 0 Å². The van der Waals surface area contributed by atoms with Crippen molar-refractivity contribution in [1.82, 2.24) is 5.32 Å². The maximum atomic E-state index is 5.40. The lowest BCUT2D eigenvalue weighted by Crippen LogP contribution is -2.22. The van der Waals surface area contributed by atoms with E-state index >= 15 is 0 Å². The van der Waals surface area contributed by atoms with Gasteiger partial charge in [-0.2, -0.15) is 0 Å². The van der Waals surface area contributed by atoms with Gasteiger partial charge in [-0.15, -0.1) is 0 Å². The molecular weight excluding hydrogens is 210 g/mol. The van der Waals surface area contributed by atoms with E-state index in [0.717, 1.165) is 25.1 Å². The molecule has 0 spiro atoms. The lowest BCUT2D eigenvalue weighted by Gasteiger charge is -2.19. The third kappa shape index (κ3) is 4.23. The van der Waals surface area contributed by atoms with Crippen molar-refractivity contribution < 1.29 is 4.74 Å². The molecule has 0 aliphatic carbocycles. The van der Waals surface area contributed by atoms with Gasteiger partial charge in [0.1, 0.15) is 5.75 Å². The summed E-state index contributed by atoms with van der Waals surface area (Å²) in [6.07, 6.45) is 6.41. The van der Waals surface area contributed by atoms with Gasteiger partial charge in [-0.1, -0.05) is 37.3 Å². The van der Waals surface area contributed by atoms with Crippen molar-refractivity contribution in [1.29, 1.82) is 0 Å². The number of benzene rings is 1. The van der Waals surface area contributed by atoms with Crippen LogP contribution >= 0.6 is 0 Å². The Bertz CT molecular complexity index is 347. The average molecular weight is 233 g/mol. The third-order valence-corrected chi connectivity index (χ3v) is 2.86. The summed E-state index contributed by atoms with van der Waals surface area (Å²) >= 11 is 0. The zero-order chi connectivity index (χ0) is 12.5. The van der Waals surface area contributed by atoms with Gasteiger partial charge < -0.3 is 10.1 Å². The van der Waals surface area contributed by atoms with Gasteiger partial charge in [0.25, 0.3) is 0 Å². The Morgan fingerprint density at radius 2 is 2.12 bits per heavy atom. The molecule has 17 heavy (non-hydrogen) atoms. The highest BCUT2D eigenvalue weighted by molar-refractivity contribution is 5.35. The second-order valence-electron chi connectivity index (χ2n) is 4.01. The number of para-hydroxylation sites is 1. The number of rotatable bonds is 7. The summed E-state index contributed by atoms with van der Waals surface area (Å²) in [4.78, 5) is 0. The van der Waals surface area contributed by atoms with Gasteiger partial charge in [0.15, 0.2) is 0 Å². The second kappa shape index (κ2) is 7.91. The molecular formula is C15H23NO. The predicted octanol–water partition coefficient (Wildman–Crippen LogP) is 3.70. The summed E-state index contributed by atoms with van der Waals surface area (Å²) in [5.41, 5.74) is 1.25. The molecule has 1 N–H and O–H groups in total. The molecule has 1 rings (SSSR count). The van der Waals surface area contributed by atoms with Crippen molar-refractivity contribution >= 4 is 0 Å². The van der Waals surface area contributed by atoms with Gasteiger partial charge in [0.2, 0.25) is 0 Å². The van der Waals surface area contributed by atoms with E-state index < -0.39 is 0 Å². The summed E-state index contributed by atoms with van der Waals surface area (Å²) in [5.74, 6) is 0.970. The molecule has 0 saturated heterocycles. The number of allylic oxidation sites excluding steroid dienone is 1. The Hall–Kier alpha value is -1.28. The van der Waals surface area contributed by atoms with Crippen molar-refractivity contribution in [2.45, 2.75) is 32.7 Å². The van der Waals surface area contributed by atoms with Crippen LogP contribution in [0.15, 0.2) is 36.4 Å². The van der Waals surface area contributed by atoms with Crippen LogP contribution in [0.2, 0.25) is 0 Å². The van der Waals surface area contributed by atoms with Gasteiger partial charge >= 0.3 is 0 Å². The minimum absolute atomic E-state index is 0.372. The minimum Gasteiger partial charge on any atom is -0.496 e. The van der Waals surface area contributed by atoms with E-state index in [0.29, 0.717) is 6.04 Å². The average Bonchev–Trinajstić information content (AvgIpc) is 2.39. The molecule has 1 unspecified atom stereocenters. The topological polar surface area (TPSA) is 21.3 Å². The highest BCUT2D eigenvalue weighted by Gasteiger charge is 2.12. The normalized spacial score (nSPS) is 12.9. The SMILES string of the molecule is C/C=C/CCNC(CC)c1ccccc1OC. The lowest BCUT2D eigenvalue weighted by molar-refractivity contribution is 0.397. The van der Waals surface area contributed by atoms with Gasteiger partial charge in [-0.3, -0.25) is 0 Å². The first kappa shape index (κ1) is 13.8. The smallest absolute Gasteiger partial charge is 0.123 e. The van der Waals surface area contributed by atoms with E-state index in [-0.39, 0.29) is 0 Å². The highest BCUT2D eigenvalue weighted by Crippen LogP contribution is 2.26. The Labute approximate surface area is 105 Å². The van der Waals surface area contributed by atoms with Crippen LogP contribution in [0.4, 0.5) is 0 Å². The molecule has 94 valence electrons. The van der Waals surface area contributed by atoms with Crippen LogP contribution < -0.4 is 10.1 Å². The minimum atomic E-state index is 0.372. The van der Waals surface area contributed by atoms with Crippen LogP contribution in [0.3, 0.4) is 0 Å². The molecule has 0 saturated carbocycles. The van der Waals surface area contributed by atoms with E-state index in [4.69, 9.17) is 4.74 Å². The highest BCUT2D eigenvalue weighted by atomic mass is 16.5. The molecule has 1 atom stereocenters. The third-order valence-electron chi connectivity index (χ3n) is 2.86. The van der Waals surface area contributed by atoms with E-state index in [2.05, 4.69) is 43.4 Å². The maximum absolute atomic E-state index is 5.40. The molecule has 0 aromatic heterocycles. The van der Waals surface area contributed by atoms with Gasteiger partial charge in [0, 0.05) is 11.6 Å². The Kier molecular flexibility index (Phi) is 6.41. The number of ether oxygens (including phenoxy) is 1. The molecule has 0 amide bonds. The van der Waals surface area contributed by atoms with E-state index in [1.165, 1.54) is 5.56 Å². The van der Waals surface area contributed by atoms with Crippen molar-refractivity contribution in [2.24, 2.45) is 0 Å². The summed E-state index contributed by atoms with van der Waals surface area (Å²) in [7, 11) is 1.73. The van der Waals surface area contributed by atoms with E-state index in [9.17, 15) is 0 Å². The van der Waals surface area contributed by atoms with Crippen LogP contribution in [-0.4, -0.2) is 13.7 Å². The Balaban J connectivity index is 2.65. The first-order valence-electron chi connectivity index (χ1n) is 6.30. The first-order chi connectivity index (χ1) is 8.33. The molecule has 0 fully saturated rings. The predicted molar refractivity (Wildman–Crippen MR) is 73.5 cm³/mol. The Morgan fingerprint density at radius 1 is 1.35 bits per heavy atom. The fraction of sp³-hybridized carbons (Fsp3) is 0.467. The number of hydrogen-bond donors (Lipinski definition) is 1. The summed E-state index contributed by atoms with van der Waals surface area (Å²) < 4.78 is 5.40. The molecule has 1 aromatic rings. The number of methoxy groups -OCH3 is 1. The molecule has 0 bridgehead atoms. The summed E-state index contributed by atoms with van der Waals surface area (Å²) in [5, 5.41) is 3.56. The first-order valence-corrected chi connectivity index (χ1v) is 6.30. The fourth-order valence-electron chi connectivity index (χ4n) is 1.94. The largest absolute Gasteiger partial charge is 0.496 e. The molecule has 2 heteroatoms. The zero-order valence-corrected chi connectivity index (χ0v) is 11.1. The molecule has 0 heterocycles. The number of nitrogens with one attached hydrogen (secondary N) is 1. The molecule has 0 radical (unpaired) electrons. The Morgan fingerprint density at radius 3 is 2.76 bits per heavy atom. The summed E-state index contributed by atoms with van der Waals surface area (Å²) in [6.45, 7) is 5.25. The van der Waals surface area contributed by atoms with Crippen molar-refractivity contribution in [2.75, 3.05) is 13.7 Å². The van der Waals surface area contributed by atoms with E-state index in [1.807, 2.05) is 12.1 Å². The van der Waals surface area contributed by atoms with Crippen LogP contribution in [0, 0.1) is 0 Å². The van der Waals surface area contributed by atoms with Gasteiger partial charge in [0.05, 0.1) is 7.11 Å².